The zero-order valence-corrected chi connectivity index (χ0v) is 12.4. The lowest BCUT2D eigenvalue weighted by molar-refractivity contribution is -0.131. The topological polar surface area (TPSA) is 83.5 Å². The first-order chi connectivity index (χ1) is 9.31. The zero-order chi connectivity index (χ0) is 15.2. The minimum Gasteiger partial charge on any atom is -0.478 e. The van der Waals surface area contributed by atoms with E-state index in [0.29, 0.717) is 18.0 Å². The van der Waals surface area contributed by atoms with Gasteiger partial charge < -0.3 is 5.11 Å². The van der Waals surface area contributed by atoms with Gasteiger partial charge >= 0.3 is 5.97 Å². The first kappa shape index (κ1) is 16.4. The van der Waals surface area contributed by atoms with E-state index in [0.717, 1.165) is 12.5 Å². The van der Waals surface area contributed by atoms with Crippen LogP contribution in [0.3, 0.4) is 0 Å². The van der Waals surface area contributed by atoms with Gasteiger partial charge in [-0.3, -0.25) is 0 Å². The Morgan fingerprint density at radius 2 is 2.10 bits per heavy atom. The number of rotatable bonds is 7. The van der Waals surface area contributed by atoms with Crippen molar-refractivity contribution in [2.75, 3.05) is 6.54 Å². The molecule has 0 aliphatic carbocycles. The summed E-state index contributed by atoms with van der Waals surface area (Å²) in [5.41, 5.74) is 0.527. The average molecular weight is 297 g/mol. The predicted octanol–water partition coefficient (Wildman–Crippen LogP) is 2.11. The van der Waals surface area contributed by atoms with Gasteiger partial charge in [0.15, 0.2) is 0 Å². The Morgan fingerprint density at radius 1 is 1.40 bits per heavy atom. The third-order valence-corrected chi connectivity index (χ3v) is 4.06. The Labute approximate surface area is 119 Å². The maximum Gasteiger partial charge on any atom is 0.328 e. The molecule has 0 saturated heterocycles. The second kappa shape index (κ2) is 7.21. The quantitative estimate of drug-likeness (QED) is 0.755. The predicted molar refractivity (Wildman–Crippen MR) is 77.8 cm³/mol. The van der Waals surface area contributed by atoms with E-state index >= 15 is 0 Å². The van der Waals surface area contributed by atoms with Gasteiger partial charge in [0.2, 0.25) is 10.0 Å². The molecule has 2 N–H and O–H groups in total. The maximum atomic E-state index is 12.1. The van der Waals surface area contributed by atoms with Crippen LogP contribution < -0.4 is 4.72 Å². The second-order valence-corrected chi connectivity index (χ2v) is 6.59. The molecule has 20 heavy (non-hydrogen) atoms. The van der Waals surface area contributed by atoms with Crippen molar-refractivity contribution in [3.8, 4) is 0 Å². The van der Waals surface area contributed by atoms with Gasteiger partial charge in [0.25, 0.3) is 0 Å². The van der Waals surface area contributed by atoms with Crippen LogP contribution in [-0.2, 0) is 14.8 Å². The number of nitrogens with one attached hydrogen (secondary N) is 1. The molecule has 0 aliphatic heterocycles. The monoisotopic (exact) mass is 297 g/mol. The largest absolute Gasteiger partial charge is 0.478 e. The Bertz CT molecular complexity index is 591. The molecule has 0 spiro atoms. The maximum absolute atomic E-state index is 12.1. The van der Waals surface area contributed by atoms with Crippen molar-refractivity contribution in [1.29, 1.82) is 0 Å². The first-order valence-corrected chi connectivity index (χ1v) is 7.80. The van der Waals surface area contributed by atoms with E-state index in [9.17, 15) is 13.2 Å². The van der Waals surface area contributed by atoms with Crippen LogP contribution in [0.2, 0.25) is 0 Å². The number of carbonyl (C=O) groups is 1. The van der Waals surface area contributed by atoms with Gasteiger partial charge in [0.1, 0.15) is 0 Å². The van der Waals surface area contributed by atoms with Gasteiger partial charge in [-0.25, -0.2) is 17.9 Å². The number of sulfonamides is 1. The SMILES string of the molecule is CC(C)CCNS(=O)(=O)c1cccc(C=CC(=O)O)c1. The molecular formula is C14H19NO4S. The summed E-state index contributed by atoms with van der Waals surface area (Å²) in [6, 6.07) is 6.15. The number of benzene rings is 1. The van der Waals surface area contributed by atoms with Crippen molar-refractivity contribution in [2.24, 2.45) is 5.92 Å². The van der Waals surface area contributed by atoms with E-state index in [-0.39, 0.29) is 4.90 Å². The molecule has 0 fully saturated rings. The summed E-state index contributed by atoms with van der Waals surface area (Å²) >= 11 is 0. The molecule has 0 aliphatic rings. The van der Waals surface area contributed by atoms with Crippen LogP contribution in [0, 0.1) is 5.92 Å². The lowest BCUT2D eigenvalue weighted by Gasteiger charge is -2.08. The number of aliphatic carboxylic acids is 1. The van der Waals surface area contributed by atoms with Crippen LogP contribution in [0.4, 0.5) is 0 Å². The second-order valence-electron chi connectivity index (χ2n) is 4.82. The molecule has 1 aromatic carbocycles. The van der Waals surface area contributed by atoms with E-state index in [4.69, 9.17) is 5.11 Å². The van der Waals surface area contributed by atoms with Crippen LogP contribution in [0.25, 0.3) is 6.08 Å². The Hall–Kier alpha value is -1.66. The molecule has 0 saturated carbocycles. The smallest absolute Gasteiger partial charge is 0.328 e. The van der Waals surface area contributed by atoms with Gasteiger partial charge in [0, 0.05) is 12.6 Å². The number of hydrogen-bond donors (Lipinski definition) is 2. The highest BCUT2D eigenvalue weighted by molar-refractivity contribution is 7.89. The van der Waals surface area contributed by atoms with Crippen LogP contribution >= 0.6 is 0 Å². The highest BCUT2D eigenvalue weighted by Crippen LogP contribution is 2.13. The van der Waals surface area contributed by atoms with Crippen LogP contribution in [0.15, 0.2) is 35.2 Å². The average Bonchev–Trinajstić information content (AvgIpc) is 2.36. The molecule has 0 radical (unpaired) electrons. The standard InChI is InChI=1S/C14H19NO4S/c1-11(2)8-9-15-20(18,19)13-5-3-4-12(10-13)6-7-14(16)17/h3-7,10-11,15H,8-9H2,1-2H3,(H,16,17). The molecule has 0 heterocycles. The van der Waals surface area contributed by atoms with Crippen molar-refractivity contribution < 1.29 is 18.3 Å². The van der Waals surface area contributed by atoms with E-state index in [2.05, 4.69) is 4.72 Å². The molecule has 0 amide bonds. The fraction of sp³-hybridized carbons (Fsp3) is 0.357. The third-order valence-electron chi connectivity index (χ3n) is 2.60. The van der Waals surface area contributed by atoms with Gasteiger partial charge in [0.05, 0.1) is 4.90 Å². The molecule has 0 unspecified atom stereocenters. The zero-order valence-electron chi connectivity index (χ0n) is 11.5. The van der Waals surface area contributed by atoms with Crippen LogP contribution in [0.1, 0.15) is 25.8 Å². The summed E-state index contributed by atoms with van der Waals surface area (Å²) < 4.78 is 26.6. The molecule has 0 aromatic heterocycles. The number of carboxylic acids is 1. The number of hydrogen-bond acceptors (Lipinski definition) is 3. The molecule has 0 atom stereocenters. The lowest BCUT2D eigenvalue weighted by atomic mass is 10.1. The molecule has 110 valence electrons. The van der Waals surface area contributed by atoms with Gasteiger partial charge in [-0.15, -0.1) is 0 Å². The fourth-order valence-corrected chi connectivity index (χ4v) is 2.62. The molecule has 1 aromatic rings. The minimum atomic E-state index is -3.55. The van der Waals surface area contributed by atoms with Crippen molar-refractivity contribution in [3.63, 3.8) is 0 Å². The highest BCUT2D eigenvalue weighted by Gasteiger charge is 2.13. The van der Waals surface area contributed by atoms with Gasteiger partial charge in [-0.05, 0) is 36.1 Å². The van der Waals surface area contributed by atoms with Crippen molar-refractivity contribution >= 4 is 22.1 Å². The van der Waals surface area contributed by atoms with E-state index in [1.165, 1.54) is 18.2 Å². The summed E-state index contributed by atoms with van der Waals surface area (Å²) in [6.45, 7) is 4.42. The van der Waals surface area contributed by atoms with E-state index < -0.39 is 16.0 Å². The van der Waals surface area contributed by atoms with Crippen molar-refractivity contribution in [1.82, 2.24) is 4.72 Å². The molecule has 1 rings (SSSR count). The van der Waals surface area contributed by atoms with E-state index in [1.54, 1.807) is 12.1 Å². The third kappa shape index (κ3) is 5.54. The minimum absolute atomic E-state index is 0.133. The Kier molecular flexibility index (Phi) is 5.91. The molecular weight excluding hydrogens is 278 g/mol. The normalized spacial score (nSPS) is 12.2. The van der Waals surface area contributed by atoms with E-state index in [1.807, 2.05) is 13.8 Å². The molecule has 5 nitrogen and oxygen atoms in total. The first-order valence-electron chi connectivity index (χ1n) is 6.32. The summed E-state index contributed by atoms with van der Waals surface area (Å²) in [6.07, 6.45) is 3.09. The summed E-state index contributed by atoms with van der Waals surface area (Å²) in [4.78, 5) is 10.6. The van der Waals surface area contributed by atoms with Gasteiger partial charge in [-0.1, -0.05) is 26.0 Å². The molecule has 0 bridgehead atoms. The molecule has 6 heteroatoms. The fourth-order valence-electron chi connectivity index (χ4n) is 1.52. The lowest BCUT2D eigenvalue weighted by Crippen LogP contribution is -2.25. The number of carboxylic acid groups (broad SMARTS) is 1. The van der Waals surface area contributed by atoms with Crippen molar-refractivity contribution in [2.45, 2.75) is 25.2 Å². The van der Waals surface area contributed by atoms with Crippen molar-refractivity contribution in [3.05, 3.63) is 35.9 Å². The summed E-state index contributed by atoms with van der Waals surface area (Å²) in [5, 5.41) is 8.55. The Morgan fingerprint density at radius 3 is 2.70 bits per heavy atom. The Balaban J connectivity index is 2.85. The van der Waals surface area contributed by atoms with Gasteiger partial charge in [-0.2, -0.15) is 0 Å². The van der Waals surface area contributed by atoms with Crippen LogP contribution in [0.5, 0.6) is 0 Å². The summed E-state index contributed by atoms with van der Waals surface area (Å²) in [7, 11) is -3.55. The summed E-state index contributed by atoms with van der Waals surface area (Å²) in [5.74, 6) is -0.657. The van der Waals surface area contributed by atoms with Crippen LogP contribution in [-0.4, -0.2) is 26.0 Å². The highest BCUT2D eigenvalue weighted by atomic mass is 32.2.